The number of hydrogen-bond donors (Lipinski definition) is 3. The number of allylic oxidation sites excluding steroid dienone is 2. The number of anilines is 2. The van der Waals surface area contributed by atoms with Gasteiger partial charge in [0.1, 0.15) is 17.2 Å². The zero-order chi connectivity index (χ0) is 28.2. The maximum absolute atomic E-state index is 15.5. The van der Waals surface area contributed by atoms with E-state index in [9.17, 15) is 4.79 Å². The summed E-state index contributed by atoms with van der Waals surface area (Å²) >= 11 is 0. The fraction of sp³-hybridized carbons (Fsp3) is 0.355. The third-order valence-corrected chi connectivity index (χ3v) is 7.56. The molecule has 8 nitrogen and oxygen atoms in total. The molecular formula is C31H37FN6O2. The van der Waals surface area contributed by atoms with Gasteiger partial charge in [0.25, 0.3) is 5.91 Å². The van der Waals surface area contributed by atoms with E-state index in [2.05, 4.69) is 49.5 Å². The van der Waals surface area contributed by atoms with E-state index in [1.54, 1.807) is 31.4 Å². The van der Waals surface area contributed by atoms with E-state index in [-0.39, 0.29) is 23.1 Å². The molecule has 40 heavy (non-hydrogen) atoms. The smallest absolute Gasteiger partial charge is 0.258 e. The molecule has 5 rings (SSSR count). The second-order valence-electron chi connectivity index (χ2n) is 10.3. The fourth-order valence-corrected chi connectivity index (χ4v) is 5.22. The van der Waals surface area contributed by atoms with Gasteiger partial charge in [0.15, 0.2) is 11.6 Å². The number of benzene rings is 2. The zero-order valence-corrected chi connectivity index (χ0v) is 23.6. The summed E-state index contributed by atoms with van der Waals surface area (Å²) in [7, 11) is 1.56. The number of hydrogen-bond acceptors (Lipinski definition) is 6. The first-order valence-corrected chi connectivity index (χ1v) is 13.9. The van der Waals surface area contributed by atoms with E-state index in [0.717, 1.165) is 49.8 Å². The Morgan fingerprint density at radius 1 is 1.15 bits per heavy atom. The van der Waals surface area contributed by atoms with Gasteiger partial charge in [0.05, 0.1) is 0 Å². The summed E-state index contributed by atoms with van der Waals surface area (Å²) in [5.41, 5.74) is 3.73. The van der Waals surface area contributed by atoms with Crippen molar-refractivity contribution in [2.45, 2.75) is 27.2 Å². The minimum atomic E-state index is -0.475. The molecule has 1 unspecified atom stereocenters. The Morgan fingerprint density at radius 2 is 1.90 bits per heavy atom. The Kier molecular flexibility index (Phi) is 8.21. The number of carbonyl (C=O) groups excluding carboxylic acids is 1. The molecule has 1 saturated heterocycles. The normalized spacial score (nSPS) is 19.2. The summed E-state index contributed by atoms with van der Waals surface area (Å²) in [5.74, 6) is -0.300. The molecule has 1 aromatic heterocycles. The number of rotatable bonds is 6. The summed E-state index contributed by atoms with van der Waals surface area (Å²) in [6.07, 6.45) is 4.19. The SMILES string of the molecule is CCN1CCN(c2ccc(NC3=N/C=C/CC(C)C(Oc4ccc5[nH]c(C)cc5c4F)=C3C(=O)NC)cc2)CC1. The van der Waals surface area contributed by atoms with Gasteiger partial charge < -0.3 is 30.2 Å². The molecule has 2 aliphatic rings. The third kappa shape index (κ3) is 5.74. The topological polar surface area (TPSA) is 85.0 Å². The van der Waals surface area contributed by atoms with Crippen molar-refractivity contribution in [3.63, 3.8) is 0 Å². The van der Waals surface area contributed by atoms with Gasteiger partial charge in [0, 0.05) is 73.3 Å². The Hall–Kier alpha value is -4.11. The van der Waals surface area contributed by atoms with Crippen molar-refractivity contribution in [2.24, 2.45) is 10.9 Å². The minimum absolute atomic E-state index is 0.0613. The first kappa shape index (κ1) is 27.5. The number of aromatic amines is 1. The summed E-state index contributed by atoms with van der Waals surface area (Å²) in [4.78, 5) is 25.8. The predicted octanol–water partition coefficient (Wildman–Crippen LogP) is 5.20. The molecule has 1 amide bonds. The van der Waals surface area contributed by atoms with Crippen LogP contribution >= 0.6 is 0 Å². The number of likely N-dealkylation sites (N-methyl/N-ethyl adjacent to an activating group) is 2. The molecular weight excluding hydrogens is 507 g/mol. The molecule has 0 aliphatic carbocycles. The van der Waals surface area contributed by atoms with E-state index in [0.29, 0.717) is 28.9 Å². The van der Waals surface area contributed by atoms with Gasteiger partial charge in [-0.05, 0) is 62.4 Å². The number of aliphatic imine (C=N–C) groups is 1. The van der Waals surface area contributed by atoms with Crippen LogP contribution in [0.15, 0.2) is 71.1 Å². The maximum atomic E-state index is 15.5. The monoisotopic (exact) mass is 544 g/mol. The number of aromatic nitrogens is 1. The summed E-state index contributed by atoms with van der Waals surface area (Å²) in [6, 6.07) is 13.3. The highest BCUT2D eigenvalue weighted by molar-refractivity contribution is 6.25. The van der Waals surface area contributed by atoms with Crippen molar-refractivity contribution in [1.82, 2.24) is 15.2 Å². The summed E-state index contributed by atoms with van der Waals surface area (Å²) < 4.78 is 21.7. The van der Waals surface area contributed by atoms with Crippen LogP contribution in [0, 0.1) is 18.7 Å². The first-order chi connectivity index (χ1) is 19.4. The average Bonchev–Trinajstić information content (AvgIpc) is 3.36. The lowest BCUT2D eigenvalue weighted by atomic mass is 9.98. The molecule has 0 radical (unpaired) electrons. The van der Waals surface area contributed by atoms with E-state index in [1.807, 2.05) is 32.1 Å². The number of piperazine rings is 1. The van der Waals surface area contributed by atoms with Crippen LogP contribution in [0.3, 0.4) is 0 Å². The van der Waals surface area contributed by atoms with Gasteiger partial charge in [0.2, 0.25) is 0 Å². The van der Waals surface area contributed by atoms with Gasteiger partial charge in [-0.25, -0.2) is 9.38 Å². The van der Waals surface area contributed by atoms with Crippen LogP contribution in [0.1, 0.15) is 26.0 Å². The number of carbonyl (C=O) groups is 1. The van der Waals surface area contributed by atoms with Crippen LogP contribution in [-0.4, -0.2) is 61.4 Å². The van der Waals surface area contributed by atoms with Gasteiger partial charge >= 0.3 is 0 Å². The number of H-pyrrole nitrogens is 1. The number of nitrogens with zero attached hydrogens (tertiary/aromatic N) is 3. The van der Waals surface area contributed by atoms with Crippen molar-refractivity contribution >= 4 is 34.0 Å². The van der Waals surface area contributed by atoms with Crippen LogP contribution < -0.4 is 20.3 Å². The molecule has 0 spiro atoms. The number of nitrogens with one attached hydrogen (secondary N) is 3. The Bertz CT molecular complexity index is 1460. The van der Waals surface area contributed by atoms with Crippen LogP contribution in [0.2, 0.25) is 0 Å². The van der Waals surface area contributed by atoms with Gasteiger partial charge in [-0.2, -0.15) is 0 Å². The molecule has 0 saturated carbocycles. The molecule has 9 heteroatoms. The largest absolute Gasteiger partial charge is 0.457 e. The van der Waals surface area contributed by atoms with E-state index < -0.39 is 5.82 Å². The quantitative estimate of drug-likeness (QED) is 0.397. The van der Waals surface area contributed by atoms with E-state index in [1.165, 1.54) is 0 Å². The van der Waals surface area contributed by atoms with Crippen molar-refractivity contribution in [1.29, 1.82) is 0 Å². The van der Waals surface area contributed by atoms with Crippen molar-refractivity contribution in [3.8, 4) is 5.75 Å². The summed E-state index contributed by atoms with van der Waals surface area (Å²) in [5, 5.41) is 6.47. The molecule has 0 bridgehead atoms. The fourth-order valence-electron chi connectivity index (χ4n) is 5.22. The lowest BCUT2D eigenvalue weighted by Gasteiger charge is -2.35. The van der Waals surface area contributed by atoms with Crippen molar-refractivity contribution in [3.05, 3.63) is 77.6 Å². The van der Waals surface area contributed by atoms with Crippen LogP contribution in [0.4, 0.5) is 15.8 Å². The number of amidine groups is 1. The van der Waals surface area contributed by atoms with Gasteiger partial charge in [-0.3, -0.25) is 4.79 Å². The second-order valence-corrected chi connectivity index (χ2v) is 10.3. The number of fused-ring (bicyclic) bond motifs is 1. The first-order valence-electron chi connectivity index (χ1n) is 13.9. The molecule has 3 aromatic rings. The predicted molar refractivity (Wildman–Crippen MR) is 159 cm³/mol. The van der Waals surface area contributed by atoms with Crippen LogP contribution in [0.25, 0.3) is 10.9 Å². The standard InChI is InChI=1S/C31H37FN6O2/c1-5-37-15-17-38(18-16-37)23-10-8-22(9-11-23)36-30-27(31(39)33-4)29(20(2)7-6-14-34-30)40-26-13-12-25-24(28(26)32)19-21(3)35-25/h6,8-14,19-20,35H,5,7,15-18H2,1-4H3,(H,33,39)(H,34,36)/b14-6+,29-27?. The van der Waals surface area contributed by atoms with E-state index in [4.69, 9.17) is 4.74 Å². The molecule has 2 aromatic carbocycles. The number of amides is 1. The molecule has 1 fully saturated rings. The summed E-state index contributed by atoms with van der Waals surface area (Å²) in [6.45, 7) is 11.2. The Balaban J connectivity index is 1.46. The molecule has 1 atom stereocenters. The Morgan fingerprint density at radius 3 is 2.60 bits per heavy atom. The highest BCUT2D eigenvalue weighted by atomic mass is 19.1. The highest BCUT2D eigenvalue weighted by Gasteiger charge is 2.28. The Labute approximate surface area is 234 Å². The van der Waals surface area contributed by atoms with Gasteiger partial charge in [-0.15, -0.1) is 0 Å². The second kappa shape index (κ2) is 12.0. The van der Waals surface area contributed by atoms with Crippen molar-refractivity contribution < 1.29 is 13.9 Å². The van der Waals surface area contributed by atoms with Crippen LogP contribution in [-0.2, 0) is 4.79 Å². The molecule has 3 heterocycles. The lowest BCUT2D eigenvalue weighted by molar-refractivity contribution is -0.116. The third-order valence-electron chi connectivity index (χ3n) is 7.56. The molecule has 3 N–H and O–H groups in total. The van der Waals surface area contributed by atoms with Crippen molar-refractivity contribution in [2.75, 3.05) is 50.0 Å². The number of halogens is 1. The van der Waals surface area contributed by atoms with E-state index >= 15 is 4.39 Å². The highest BCUT2D eigenvalue weighted by Crippen LogP contribution is 2.32. The van der Waals surface area contributed by atoms with Crippen LogP contribution in [0.5, 0.6) is 5.75 Å². The average molecular weight is 545 g/mol. The molecule has 2 aliphatic heterocycles. The number of aryl methyl sites for hydroxylation is 1. The minimum Gasteiger partial charge on any atom is -0.457 e. The number of ether oxygens (including phenoxy) is 1. The van der Waals surface area contributed by atoms with Gasteiger partial charge in [-0.1, -0.05) is 19.9 Å². The zero-order valence-electron chi connectivity index (χ0n) is 23.6. The molecule has 210 valence electrons. The lowest BCUT2D eigenvalue weighted by Crippen LogP contribution is -2.46. The maximum Gasteiger partial charge on any atom is 0.258 e.